The van der Waals surface area contributed by atoms with Gasteiger partial charge in [-0.25, -0.2) is 4.79 Å². The average Bonchev–Trinajstić information content (AvgIpc) is 2.32. The van der Waals surface area contributed by atoms with E-state index in [1.807, 2.05) is 0 Å². The third kappa shape index (κ3) is 3.10. The standard InChI is InChI=1S/C14H26N2O2/c1-7-13(5)9-12(15-18-11(4)17)10(3)14(6,8-2)16-13/h10,16H,7-9H2,1-6H3/b15-12+. The fraction of sp³-hybridized carbons (Fsp3) is 0.857. The van der Waals surface area contributed by atoms with Crippen LogP contribution in [0.5, 0.6) is 0 Å². The van der Waals surface area contributed by atoms with Crippen LogP contribution in [-0.4, -0.2) is 22.8 Å². The van der Waals surface area contributed by atoms with Crippen molar-refractivity contribution in [2.24, 2.45) is 11.1 Å². The van der Waals surface area contributed by atoms with E-state index in [0.717, 1.165) is 25.0 Å². The van der Waals surface area contributed by atoms with Crippen molar-refractivity contribution in [3.8, 4) is 0 Å². The molecule has 1 fully saturated rings. The Balaban J connectivity index is 3.02. The first kappa shape index (κ1) is 15.2. The molecular weight excluding hydrogens is 228 g/mol. The zero-order valence-electron chi connectivity index (χ0n) is 12.5. The quantitative estimate of drug-likeness (QED) is 0.622. The van der Waals surface area contributed by atoms with E-state index < -0.39 is 0 Å². The van der Waals surface area contributed by atoms with Gasteiger partial charge in [0.2, 0.25) is 0 Å². The third-order valence-corrected chi connectivity index (χ3v) is 4.42. The van der Waals surface area contributed by atoms with E-state index in [-0.39, 0.29) is 23.0 Å². The van der Waals surface area contributed by atoms with E-state index in [1.165, 1.54) is 6.92 Å². The van der Waals surface area contributed by atoms with Gasteiger partial charge in [-0.1, -0.05) is 25.9 Å². The second-order valence-electron chi connectivity index (χ2n) is 5.87. The molecule has 1 rings (SSSR count). The van der Waals surface area contributed by atoms with Crippen LogP contribution in [0.15, 0.2) is 5.16 Å². The van der Waals surface area contributed by atoms with Gasteiger partial charge in [0.25, 0.3) is 0 Å². The van der Waals surface area contributed by atoms with Crippen molar-refractivity contribution in [2.45, 2.75) is 71.9 Å². The molecule has 4 heteroatoms. The van der Waals surface area contributed by atoms with Crippen molar-refractivity contribution in [2.75, 3.05) is 0 Å². The van der Waals surface area contributed by atoms with Gasteiger partial charge in [0, 0.05) is 30.3 Å². The van der Waals surface area contributed by atoms with Crippen molar-refractivity contribution < 1.29 is 9.63 Å². The first-order chi connectivity index (χ1) is 8.26. The van der Waals surface area contributed by atoms with Gasteiger partial charge in [-0.05, 0) is 26.7 Å². The van der Waals surface area contributed by atoms with Crippen LogP contribution in [0, 0.1) is 5.92 Å². The molecule has 0 saturated carbocycles. The van der Waals surface area contributed by atoms with Gasteiger partial charge in [-0.15, -0.1) is 0 Å². The predicted octanol–water partition coefficient (Wildman–Crippen LogP) is 2.87. The van der Waals surface area contributed by atoms with Crippen LogP contribution in [-0.2, 0) is 9.63 Å². The Morgan fingerprint density at radius 3 is 2.50 bits per heavy atom. The van der Waals surface area contributed by atoms with Crippen LogP contribution in [0.1, 0.15) is 60.8 Å². The van der Waals surface area contributed by atoms with Crippen molar-refractivity contribution in [3.05, 3.63) is 0 Å². The summed E-state index contributed by atoms with van der Waals surface area (Å²) in [5, 5.41) is 7.83. The molecule has 3 atom stereocenters. The minimum Gasteiger partial charge on any atom is -0.319 e. The maximum absolute atomic E-state index is 10.9. The average molecular weight is 254 g/mol. The summed E-state index contributed by atoms with van der Waals surface area (Å²) in [6.07, 6.45) is 2.87. The lowest BCUT2D eigenvalue weighted by Crippen LogP contribution is -2.64. The summed E-state index contributed by atoms with van der Waals surface area (Å²) in [4.78, 5) is 15.8. The maximum atomic E-state index is 10.9. The largest absolute Gasteiger partial charge is 0.331 e. The molecule has 1 aliphatic rings. The minimum absolute atomic E-state index is 0.00198. The van der Waals surface area contributed by atoms with Crippen LogP contribution < -0.4 is 5.32 Å². The Kier molecular flexibility index (Phi) is 4.54. The molecule has 3 unspecified atom stereocenters. The summed E-state index contributed by atoms with van der Waals surface area (Å²) in [6, 6.07) is 0. The summed E-state index contributed by atoms with van der Waals surface area (Å²) < 4.78 is 0. The third-order valence-electron chi connectivity index (χ3n) is 4.42. The number of carbonyl (C=O) groups excluding carboxylic acids is 1. The Hall–Kier alpha value is -0.900. The van der Waals surface area contributed by atoms with Gasteiger partial charge in [0.05, 0.1) is 5.71 Å². The fourth-order valence-corrected chi connectivity index (χ4v) is 2.60. The Morgan fingerprint density at radius 1 is 1.44 bits per heavy atom. The summed E-state index contributed by atoms with van der Waals surface area (Å²) in [5.41, 5.74) is 1.01. The number of piperidine rings is 1. The maximum Gasteiger partial charge on any atom is 0.331 e. The van der Waals surface area contributed by atoms with Crippen LogP contribution >= 0.6 is 0 Å². The second-order valence-corrected chi connectivity index (χ2v) is 5.87. The van der Waals surface area contributed by atoms with Crippen molar-refractivity contribution in [1.82, 2.24) is 5.32 Å². The molecule has 0 aliphatic carbocycles. The van der Waals surface area contributed by atoms with Gasteiger partial charge in [-0.3, -0.25) is 0 Å². The molecule has 0 radical (unpaired) electrons. The monoisotopic (exact) mass is 254 g/mol. The Labute approximate surface area is 110 Å². The van der Waals surface area contributed by atoms with E-state index >= 15 is 0 Å². The molecule has 1 heterocycles. The van der Waals surface area contributed by atoms with E-state index in [2.05, 4.69) is 45.1 Å². The number of rotatable bonds is 3. The topological polar surface area (TPSA) is 50.7 Å². The molecule has 1 saturated heterocycles. The zero-order valence-corrected chi connectivity index (χ0v) is 12.5. The van der Waals surface area contributed by atoms with E-state index in [1.54, 1.807) is 0 Å². The predicted molar refractivity (Wildman–Crippen MR) is 73.5 cm³/mol. The van der Waals surface area contributed by atoms with Gasteiger partial charge >= 0.3 is 5.97 Å². The minimum atomic E-state index is -0.357. The van der Waals surface area contributed by atoms with Crippen molar-refractivity contribution in [3.63, 3.8) is 0 Å². The Morgan fingerprint density at radius 2 is 2.06 bits per heavy atom. The molecule has 18 heavy (non-hydrogen) atoms. The molecule has 0 spiro atoms. The van der Waals surface area contributed by atoms with Crippen LogP contribution in [0.25, 0.3) is 0 Å². The zero-order chi connectivity index (χ0) is 14.0. The molecule has 1 aliphatic heterocycles. The fourth-order valence-electron chi connectivity index (χ4n) is 2.60. The molecular formula is C14H26N2O2. The highest BCUT2D eigenvalue weighted by Crippen LogP contribution is 2.35. The summed E-state index contributed by atoms with van der Waals surface area (Å²) in [5.74, 6) is -0.0916. The smallest absolute Gasteiger partial charge is 0.319 e. The number of nitrogens with zero attached hydrogens (tertiary/aromatic N) is 1. The number of nitrogens with one attached hydrogen (secondary N) is 1. The van der Waals surface area contributed by atoms with Crippen LogP contribution in [0.4, 0.5) is 0 Å². The number of hydrogen-bond acceptors (Lipinski definition) is 4. The summed E-state index contributed by atoms with van der Waals surface area (Å²) in [7, 11) is 0. The van der Waals surface area contributed by atoms with E-state index in [9.17, 15) is 4.79 Å². The molecule has 1 N–H and O–H groups in total. The number of oxime groups is 1. The normalized spacial score (nSPS) is 38.8. The first-order valence-corrected chi connectivity index (χ1v) is 6.80. The van der Waals surface area contributed by atoms with E-state index in [0.29, 0.717) is 0 Å². The highest BCUT2D eigenvalue weighted by atomic mass is 16.7. The lowest BCUT2D eigenvalue weighted by Gasteiger charge is -2.50. The van der Waals surface area contributed by atoms with Crippen LogP contribution in [0.3, 0.4) is 0 Å². The lowest BCUT2D eigenvalue weighted by molar-refractivity contribution is -0.141. The molecule has 0 aromatic rings. The number of hydrogen-bond donors (Lipinski definition) is 1. The molecule has 0 aromatic carbocycles. The van der Waals surface area contributed by atoms with Crippen molar-refractivity contribution in [1.29, 1.82) is 0 Å². The highest BCUT2D eigenvalue weighted by Gasteiger charge is 2.44. The summed E-state index contributed by atoms with van der Waals surface area (Å²) >= 11 is 0. The lowest BCUT2D eigenvalue weighted by atomic mass is 9.70. The second kappa shape index (κ2) is 5.39. The van der Waals surface area contributed by atoms with Gasteiger partial charge in [-0.2, -0.15) is 0 Å². The number of carbonyl (C=O) groups is 1. The first-order valence-electron chi connectivity index (χ1n) is 6.80. The van der Waals surface area contributed by atoms with Gasteiger partial charge in [0.1, 0.15) is 0 Å². The molecule has 0 bridgehead atoms. The van der Waals surface area contributed by atoms with Crippen molar-refractivity contribution >= 4 is 11.7 Å². The molecule has 104 valence electrons. The van der Waals surface area contributed by atoms with E-state index in [4.69, 9.17) is 4.84 Å². The molecule has 0 amide bonds. The summed E-state index contributed by atoms with van der Waals surface area (Å²) in [6.45, 7) is 12.3. The molecule has 0 aromatic heterocycles. The highest BCUT2D eigenvalue weighted by molar-refractivity contribution is 5.89. The Bertz CT molecular complexity index is 354. The van der Waals surface area contributed by atoms with Gasteiger partial charge < -0.3 is 10.2 Å². The van der Waals surface area contributed by atoms with Crippen LogP contribution in [0.2, 0.25) is 0 Å². The molecule has 4 nitrogen and oxygen atoms in total. The SMILES string of the molecule is CCC1(C)C/C(=N\OC(C)=O)C(C)C(C)(CC)N1. The van der Waals surface area contributed by atoms with Gasteiger partial charge in [0.15, 0.2) is 0 Å².